The number of carbonyl (C=O) groups is 1. The molecule has 2 saturated heterocycles. The Morgan fingerprint density at radius 3 is 2.93 bits per heavy atom. The lowest BCUT2D eigenvalue weighted by Gasteiger charge is -2.37. The summed E-state index contributed by atoms with van der Waals surface area (Å²) in [6.45, 7) is 2.00. The highest BCUT2D eigenvalue weighted by atomic mass is 16.4. The molecule has 0 aliphatic carbocycles. The first-order chi connectivity index (χ1) is 7.12. The van der Waals surface area contributed by atoms with Gasteiger partial charge in [0, 0.05) is 19.0 Å². The highest BCUT2D eigenvalue weighted by Crippen LogP contribution is 2.37. The maximum atomic E-state index is 10.5. The van der Waals surface area contributed by atoms with Gasteiger partial charge in [0.2, 0.25) is 0 Å². The first kappa shape index (κ1) is 10.9. The average Bonchev–Trinajstić information content (AvgIpc) is 2.56. The van der Waals surface area contributed by atoms with Gasteiger partial charge < -0.3 is 10.2 Å². The Morgan fingerprint density at radius 1 is 1.40 bits per heavy atom. The number of carboxylic acid groups (broad SMARTS) is 1. The highest BCUT2D eigenvalue weighted by Gasteiger charge is 2.46. The standard InChI is InChI=1S/C11H19NO3/c13-10(14)4-5-11(15)6-8-12-7-2-1-3-9(11)12/h9,15H,1-8H2,(H,13,14). The van der Waals surface area contributed by atoms with Crippen LogP contribution in [-0.4, -0.2) is 45.8 Å². The van der Waals surface area contributed by atoms with Crippen LogP contribution in [0.15, 0.2) is 0 Å². The summed E-state index contributed by atoms with van der Waals surface area (Å²) >= 11 is 0. The zero-order valence-electron chi connectivity index (χ0n) is 8.98. The van der Waals surface area contributed by atoms with Crippen LogP contribution in [0.4, 0.5) is 0 Å². The predicted octanol–water partition coefficient (Wildman–Crippen LogP) is 0.840. The van der Waals surface area contributed by atoms with Gasteiger partial charge in [0.1, 0.15) is 0 Å². The molecule has 0 saturated carbocycles. The number of carboxylic acids is 1. The molecule has 2 fully saturated rings. The second kappa shape index (κ2) is 4.10. The van der Waals surface area contributed by atoms with Crippen molar-refractivity contribution in [1.29, 1.82) is 0 Å². The second-order valence-electron chi connectivity index (χ2n) is 4.79. The molecule has 0 aromatic carbocycles. The third-order valence-corrected chi connectivity index (χ3v) is 3.84. The lowest BCUT2D eigenvalue weighted by atomic mass is 9.85. The first-order valence-electron chi connectivity index (χ1n) is 5.80. The van der Waals surface area contributed by atoms with Gasteiger partial charge in [-0.15, -0.1) is 0 Å². The van der Waals surface area contributed by atoms with Crippen LogP contribution in [0.5, 0.6) is 0 Å². The van der Waals surface area contributed by atoms with Crippen molar-refractivity contribution >= 4 is 5.97 Å². The Balaban J connectivity index is 1.98. The van der Waals surface area contributed by atoms with Crippen LogP contribution in [-0.2, 0) is 4.79 Å². The van der Waals surface area contributed by atoms with Crippen LogP contribution in [0.2, 0.25) is 0 Å². The van der Waals surface area contributed by atoms with Crippen molar-refractivity contribution in [2.24, 2.45) is 0 Å². The van der Waals surface area contributed by atoms with E-state index in [-0.39, 0.29) is 12.5 Å². The molecule has 2 heterocycles. The minimum atomic E-state index is -0.808. The van der Waals surface area contributed by atoms with Crippen molar-refractivity contribution in [3.8, 4) is 0 Å². The van der Waals surface area contributed by atoms with Gasteiger partial charge >= 0.3 is 5.97 Å². The van der Waals surface area contributed by atoms with Crippen LogP contribution in [0.3, 0.4) is 0 Å². The Kier molecular flexibility index (Phi) is 2.98. The molecule has 15 heavy (non-hydrogen) atoms. The lowest BCUT2D eigenvalue weighted by molar-refractivity contribution is -0.138. The van der Waals surface area contributed by atoms with Crippen molar-refractivity contribution in [2.75, 3.05) is 13.1 Å². The fourth-order valence-electron chi connectivity index (χ4n) is 2.99. The molecule has 2 aliphatic heterocycles. The number of fused-ring (bicyclic) bond motifs is 1. The van der Waals surface area contributed by atoms with E-state index >= 15 is 0 Å². The number of hydrogen-bond acceptors (Lipinski definition) is 3. The summed E-state index contributed by atoms with van der Waals surface area (Å²) in [7, 11) is 0. The molecule has 0 spiro atoms. The molecule has 2 unspecified atom stereocenters. The summed E-state index contributed by atoms with van der Waals surface area (Å²) in [5.41, 5.74) is -0.737. The number of hydrogen-bond donors (Lipinski definition) is 2. The molecule has 2 aliphatic rings. The van der Waals surface area contributed by atoms with Crippen molar-refractivity contribution in [1.82, 2.24) is 4.90 Å². The summed E-state index contributed by atoms with van der Waals surface area (Å²) in [5.74, 6) is -0.808. The summed E-state index contributed by atoms with van der Waals surface area (Å²) in [4.78, 5) is 12.9. The quantitative estimate of drug-likeness (QED) is 0.729. The summed E-state index contributed by atoms with van der Waals surface area (Å²) in [6.07, 6.45) is 4.63. The van der Waals surface area contributed by atoms with Crippen LogP contribution in [0.25, 0.3) is 0 Å². The molecule has 0 aromatic heterocycles. The zero-order chi connectivity index (χ0) is 10.9. The predicted molar refractivity (Wildman–Crippen MR) is 55.6 cm³/mol. The Hall–Kier alpha value is -0.610. The molecule has 0 amide bonds. The summed E-state index contributed by atoms with van der Waals surface area (Å²) in [5, 5.41) is 19.1. The number of piperidine rings is 1. The minimum Gasteiger partial charge on any atom is -0.481 e. The third kappa shape index (κ3) is 2.16. The average molecular weight is 213 g/mol. The molecule has 0 bridgehead atoms. The minimum absolute atomic E-state index is 0.0842. The van der Waals surface area contributed by atoms with Crippen molar-refractivity contribution in [2.45, 2.75) is 50.2 Å². The van der Waals surface area contributed by atoms with Gasteiger partial charge in [-0.05, 0) is 32.2 Å². The highest BCUT2D eigenvalue weighted by molar-refractivity contribution is 5.66. The molecule has 4 heteroatoms. The van der Waals surface area contributed by atoms with Gasteiger partial charge in [-0.2, -0.15) is 0 Å². The number of nitrogens with zero attached hydrogens (tertiary/aromatic N) is 1. The molecule has 2 N–H and O–H groups in total. The van der Waals surface area contributed by atoms with Gasteiger partial charge in [0.15, 0.2) is 0 Å². The van der Waals surface area contributed by atoms with E-state index in [0.717, 1.165) is 32.4 Å². The van der Waals surface area contributed by atoms with E-state index in [0.29, 0.717) is 6.42 Å². The molecule has 86 valence electrons. The van der Waals surface area contributed by atoms with E-state index in [1.165, 1.54) is 6.42 Å². The number of rotatable bonds is 3. The van der Waals surface area contributed by atoms with Crippen LogP contribution >= 0.6 is 0 Å². The van der Waals surface area contributed by atoms with Crippen LogP contribution in [0, 0.1) is 0 Å². The monoisotopic (exact) mass is 213 g/mol. The van der Waals surface area contributed by atoms with E-state index in [1.54, 1.807) is 0 Å². The van der Waals surface area contributed by atoms with E-state index in [4.69, 9.17) is 5.11 Å². The molecular formula is C11H19NO3. The van der Waals surface area contributed by atoms with Gasteiger partial charge in [-0.1, -0.05) is 6.42 Å². The smallest absolute Gasteiger partial charge is 0.303 e. The topological polar surface area (TPSA) is 60.8 Å². The maximum absolute atomic E-state index is 10.5. The van der Waals surface area contributed by atoms with Gasteiger partial charge in [-0.3, -0.25) is 9.69 Å². The van der Waals surface area contributed by atoms with Gasteiger partial charge in [0.25, 0.3) is 0 Å². The molecule has 0 radical (unpaired) electrons. The van der Waals surface area contributed by atoms with Crippen molar-refractivity contribution in [3.63, 3.8) is 0 Å². The maximum Gasteiger partial charge on any atom is 0.303 e. The van der Waals surface area contributed by atoms with E-state index < -0.39 is 11.6 Å². The fraction of sp³-hybridized carbons (Fsp3) is 0.909. The van der Waals surface area contributed by atoms with Gasteiger partial charge in [0.05, 0.1) is 5.60 Å². The summed E-state index contributed by atoms with van der Waals surface area (Å²) in [6, 6.07) is 0.214. The normalized spacial score (nSPS) is 36.5. The summed E-state index contributed by atoms with van der Waals surface area (Å²) < 4.78 is 0. The third-order valence-electron chi connectivity index (χ3n) is 3.84. The first-order valence-corrected chi connectivity index (χ1v) is 5.80. The van der Waals surface area contributed by atoms with Crippen molar-refractivity contribution in [3.05, 3.63) is 0 Å². The Bertz CT molecular complexity index is 256. The van der Waals surface area contributed by atoms with Crippen LogP contribution in [0.1, 0.15) is 38.5 Å². The molecule has 2 atom stereocenters. The molecule has 0 aromatic rings. The molecular weight excluding hydrogens is 194 g/mol. The van der Waals surface area contributed by atoms with E-state index in [1.807, 2.05) is 0 Å². The van der Waals surface area contributed by atoms with Gasteiger partial charge in [-0.25, -0.2) is 0 Å². The largest absolute Gasteiger partial charge is 0.481 e. The van der Waals surface area contributed by atoms with Crippen LogP contribution < -0.4 is 0 Å². The second-order valence-corrected chi connectivity index (χ2v) is 4.79. The Labute approximate surface area is 89.9 Å². The number of aliphatic hydroxyl groups is 1. The Morgan fingerprint density at radius 2 is 2.20 bits per heavy atom. The lowest BCUT2D eigenvalue weighted by Crippen LogP contribution is -2.47. The fourth-order valence-corrected chi connectivity index (χ4v) is 2.99. The molecule has 4 nitrogen and oxygen atoms in total. The van der Waals surface area contributed by atoms with Crippen molar-refractivity contribution < 1.29 is 15.0 Å². The molecule has 2 rings (SSSR count). The van der Waals surface area contributed by atoms with E-state index in [9.17, 15) is 9.90 Å². The number of aliphatic carboxylic acids is 1. The van der Waals surface area contributed by atoms with E-state index in [2.05, 4.69) is 4.90 Å². The SMILES string of the molecule is O=C(O)CCC1(O)CCN2CCCCC21. The zero-order valence-corrected chi connectivity index (χ0v) is 8.98.